The molecule has 0 spiro atoms. The zero-order valence-corrected chi connectivity index (χ0v) is 17.8. The van der Waals surface area contributed by atoms with Crippen LogP contribution in [0.5, 0.6) is 0 Å². The molecular formula is C26H20OP2. The largest absolute Gasteiger partial charge is 0.360 e. The summed E-state index contributed by atoms with van der Waals surface area (Å²) in [7, 11) is 1.27. The Morgan fingerprint density at radius 1 is 0.621 bits per heavy atom. The van der Waals surface area contributed by atoms with Crippen molar-refractivity contribution >= 4 is 55.2 Å². The Labute approximate surface area is 174 Å². The van der Waals surface area contributed by atoms with Gasteiger partial charge in [-0.3, -0.25) is 0 Å². The van der Waals surface area contributed by atoms with Crippen molar-refractivity contribution in [1.29, 1.82) is 0 Å². The van der Waals surface area contributed by atoms with Gasteiger partial charge < -0.3 is 4.74 Å². The van der Waals surface area contributed by atoms with Gasteiger partial charge in [0.1, 0.15) is 12.2 Å². The van der Waals surface area contributed by atoms with E-state index in [2.05, 4.69) is 97.1 Å². The number of ether oxygens (including phenoxy) is 1. The SMILES string of the molecule is C1=CC2OC2c2c1c(Pc1ccccc1)c1ccccc1c2Pc1ccccc1. The van der Waals surface area contributed by atoms with E-state index in [0.29, 0.717) is 17.2 Å². The molecule has 0 saturated carbocycles. The standard InChI is InChI=1S/C26H20OP2/c1-3-9-17(10-4-1)28-25-19-13-7-8-14-20(19)26(29-18-11-5-2-6-12-18)23-21(25)15-16-22-24(23)27-22/h1-16,22,24,28-29H. The van der Waals surface area contributed by atoms with Crippen LogP contribution in [-0.4, -0.2) is 6.10 Å². The Balaban J connectivity index is 1.60. The molecule has 0 bridgehead atoms. The van der Waals surface area contributed by atoms with Crippen molar-refractivity contribution in [2.75, 3.05) is 0 Å². The van der Waals surface area contributed by atoms with Crippen molar-refractivity contribution in [2.45, 2.75) is 12.2 Å². The minimum Gasteiger partial charge on any atom is -0.360 e. The van der Waals surface area contributed by atoms with Gasteiger partial charge in [0.2, 0.25) is 0 Å². The second-order valence-electron chi connectivity index (χ2n) is 7.49. The van der Waals surface area contributed by atoms with Crippen molar-refractivity contribution in [1.82, 2.24) is 0 Å². The zero-order chi connectivity index (χ0) is 19.2. The van der Waals surface area contributed by atoms with Gasteiger partial charge >= 0.3 is 0 Å². The van der Waals surface area contributed by atoms with Gasteiger partial charge in [0.05, 0.1) is 0 Å². The van der Waals surface area contributed by atoms with E-state index in [0.717, 1.165) is 0 Å². The lowest BCUT2D eigenvalue weighted by Crippen LogP contribution is -2.22. The van der Waals surface area contributed by atoms with Gasteiger partial charge in [-0.2, -0.15) is 0 Å². The molecule has 1 fully saturated rings. The summed E-state index contributed by atoms with van der Waals surface area (Å²) in [5.41, 5.74) is 2.82. The van der Waals surface area contributed by atoms with Crippen LogP contribution >= 0.6 is 17.2 Å². The molecule has 29 heavy (non-hydrogen) atoms. The highest BCUT2D eigenvalue weighted by atomic mass is 31.1. The van der Waals surface area contributed by atoms with Crippen molar-refractivity contribution < 1.29 is 4.74 Å². The monoisotopic (exact) mass is 410 g/mol. The fourth-order valence-corrected chi connectivity index (χ4v) is 7.01. The lowest BCUT2D eigenvalue weighted by Gasteiger charge is -2.22. The van der Waals surface area contributed by atoms with Gasteiger partial charge in [0, 0.05) is 0 Å². The van der Waals surface area contributed by atoms with Crippen LogP contribution in [0.1, 0.15) is 17.2 Å². The van der Waals surface area contributed by atoms with Crippen LogP contribution < -0.4 is 21.2 Å². The van der Waals surface area contributed by atoms with Crippen LogP contribution in [0.2, 0.25) is 0 Å². The van der Waals surface area contributed by atoms with Gasteiger partial charge in [-0.15, -0.1) is 0 Å². The fourth-order valence-electron chi connectivity index (χ4n) is 4.24. The third-order valence-corrected chi connectivity index (χ3v) is 8.46. The first-order chi connectivity index (χ1) is 14.4. The maximum Gasteiger partial charge on any atom is 0.114 e. The number of benzene rings is 4. The number of hydrogen-bond donors (Lipinski definition) is 0. The maximum atomic E-state index is 6.06. The van der Waals surface area contributed by atoms with E-state index < -0.39 is 0 Å². The Morgan fingerprint density at radius 2 is 1.17 bits per heavy atom. The third-order valence-electron chi connectivity index (χ3n) is 5.64. The Hall–Kier alpha value is -2.30. The van der Waals surface area contributed by atoms with Gasteiger partial charge in [-0.05, 0) is 43.1 Å². The number of fused-ring (bicyclic) bond motifs is 4. The predicted molar refractivity (Wildman–Crippen MR) is 129 cm³/mol. The molecule has 0 radical (unpaired) electrons. The molecule has 1 saturated heterocycles. The Morgan fingerprint density at radius 3 is 1.83 bits per heavy atom. The first-order valence-corrected chi connectivity index (χ1v) is 11.9. The molecule has 4 aromatic rings. The lowest BCUT2D eigenvalue weighted by molar-refractivity contribution is 0.396. The van der Waals surface area contributed by atoms with Crippen molar-refractivity contribution in [3.63, 3.8) is 0 Å². The molecule has 140 valence electrons. The number of hydrogen-bond acceptors (Lipinski definition) is 1. The second-order valence-corrected chi connectivity index (χ2v) is 10.1. The van der Waals surface area contributed by atoms with Gasteiger partial charge in [0.25, 0.3) is 0 Å². The van der Waals surface area contributed by atoms with E-state index in [-0.39, 0.29) is 12.2 Å². The summed E-state index contributed by atoms with van der Waals surface area (Å²) < 4.78 is 6.06. The quantitative estimate of drug-likeness (QED) is 0.355. The molecule has 1 nitrogen and oxygen atoms in total. The molecule has 3 heteroatoms. The molecule has 0 amide bonds. The van der Waals surface area contributed by atoms with Crippen LogP contribution in [0.25, 0.3) is 16.8 Å². The molecular weight excluding hydrogens is 390 g/mol. The Bertz CT molecular complexity index is 1230. The summed E-state index contributed by atoms with van der Waals surface area (Å²) in [5, 5.41) is 8.44. The summed E-state index contributed by atoms with van der Waals surface area (Å²) in [6.07, 6.45) is 5.05. The van der Waals surface area contributed by atoms with Crippen LogP contribution in [-0.2, 0) is 4.74 Å². The zero-order valence-electron chi connectivity index (χ0n) is 15.8. The maximum absolute atomic E-state index is 6.06. The van der Waals surface area contributed by atoms with E-state index in [1.807, 2.05) is 0 Å². The topological polar surface area (TPSA) is 12.5 Å². The van der Waals surface area contributed by atoms with Crippen molar-refractivity contribution in [3.8, 4) is 0 Å². The average molecular weight is 410 g/mol. The average Bonchev–Trinajstić information content (AvgIpc) is 3.57. The fraction of sp³-hybridized carbons (Fsp3) is 0.0769. The smallest absolute Gasteiger partial charge is 0.114 e. The molecule has 0 N–H and O–H groups in total. The first kappa shape index (κ1) is 17.5. The molecule has 1 heterocycles. The minimum absolute atomic E-state index is 0.227. The molecule has 6 rings (SSSR count). The highest BCUT2D eigenvalue weighted by Crippen LogP contribution is 2.47. The molecule has 4 aromatic carbocycles. The van der Waals surface area contributed by atoms with E-state index in [4.69, 9.17) is 4.74 Å². The Kier molecular flexibility index (Phi) is 4.35. The first-order valence-electron chi connectivity index (χ1n) is 9.95. The molecule has 4 unspecified atom stereocenters. The minimum atomic E-state index is 0.227. The highest BCUT2D eigenvalue weighted by molar-refractivity contribution is 7.57. The van der Waals surface area contributed by atoms with E-state index in [9.17, 15) is 0 Å². The van der Waals surface area contributed by atoms with Crippen LogP contribution in [0.4, 0.5) is 0 Å². The van der Waals surface area contributed by atoms with E-state index >= 15 is 0 Å². The molecule has 1 aliphatic heterocycles. The van der Waals surface area contributed by atoms with Gasteiger partial charge in [-0.1, -0.05) is 114 Å². The second kappa shape index (κ2) is 7.19. The van der Waals surface area contributed by atoms with Crippen LogP contribution in [0, 0.1) is 0 Å². The van der Waals surface area contributed by atoms with Gasteiger partial charge in [-0.25, -0.2) is 0 Å². The van der Waals surface area contributed by atoms with E-state index in [1.54, 1.807) is 0 Å². The summed E-state index contributed by atoms with van der Waals surface area (Å²) in [5.74, 6) is 0. The third kappa shape index (κ3) is 3.15. The number of rotatable bonds is 4. The summed E-state index contributed by atoms with van der Waals surface area (Å²) >= 11 is 0. The van der Waals surface area contributed by atoms with Crippen LogP contribution in [0.3, 0.4) is 0 Å². The highest BCUT2D eigenvalue weighted by Gasteiger charge is 2.44. The normalized spacial score (nSPS) is 19.9. The predicted octanol–water partition coefficient (Wildman–Crippen LogP) is 4.57. The van der Waals surface area contributed by atoms with Gasteiger partial charge in [0.15, 0.2) is 0 Å². The summed E-state index contributed by atoms with van der Waals surface area (Å²) in [6, 6.07) is 30.6. The van der Waals surface area contributed by atoms with Crippen molar-refractivity contribution in [3.05, 3.63) is 102 Å². The van der Waals surface area contributed by atoms with E-state index in [1.165, 1.54) is 43.1 Å². The van der Waals surface area contributed by atoms with Crippen LogP contribution in [0.15, 0.2) is 91.0 Å². The van der Waals surface area contributed by atoms with Crippen molar-refractivity contribution in [2.24, 2.45) is 0 Å². The number of epoxide rings is 1. The lowest BCUT2D eigenvalue weighted by atomic mass is 9.93. The molecule has 2 aliphatic rings. The summed E-state index contributed by atoms with van der Waals surface area (Å²) in [6.45, 7) is 0. The molecule has 4 atom stereocenters. The molecule has 1 aliphatic carbocycles. The molecule has 0 aromatic heterocycles. The summed E-state index contributed by atoms with van der Waals surface area (Å²) in [4.78, 5) is 0.